The monoisotopic (exact) mass is 675 g/mol. The summed E-state index contributed by atoms with van der Waals surface area (Å²) in [6.45, 7) is -1.31. The molecule has 1 aromatic carbocycles. The van der Waals surface area contributed by atoms with E-state index in [1.807, 2.05) is 0 Å². The normalized spacial score (nSPS) is 25.1. The summed E-state index contributed by atoms with van der Waals surface area (Å²) < 4.78 is 9.99. The Bertz CT molecular complexity index is 1780. The number of nitrogen functional groups attached to an aromatic ring is 1. The van der Waals surface area contributed by atoms with Gasteiger partial charge in [-0.2, -0.15) is 5.06 Å². The number of oxime groups is 1. The van der Waals surface area contributed by atoms with Crippen LogP contribution in [0.25, 0.3) is 0 Å². The second-order valence-electron chi connectivity index (χ2n) is 10.7. The fourth-order valence-corrected chi connectivity index (χ4v) is 5.76. The highest BCUT2D eigenvalue weighted by Crippen LogP contribution is 2.41. The summed E-state index contributed by atoms with van der Waals surface area (Å²) in [6.07, 6.45) is -1.67. The molecule has 0 saturated carbocycles. The molecule has 0 aliphatic carbocycles. The summed E-state index contributed by atoms with van der Waals surface area (Å²) in [7, 11) is 0. The quantitative estimate of drug-likeness (QED) is 0.0626. The van der Waals surface area contributed by atoms with Gasteiger partial charge in [0.15, 0.2) is 28.1 Å². The number of hydrogen-bond acceptors (Lipinski definition) is 17. The smallest absolute Gasteiger partial charge is 0.372 e. The predicted octanol–water partition coefficient (Wildman–Crippen LogP) is -1.55. The standard InChI is InChI=1S/C26H21N5O15S/c27-24-28-12(6-47-24)17(29-46-25(22(39)40)7-43-8-25)16(34)1-9-5-44-31(18(9)35)26(23(41)42)4-13(21(38)45-26)30-19(36)10-2-14(32)15(33)3-11(10)20(30)37/h2-3,6,9,13,32-33H,1,4-5,7-8H2,(H2,27,28)(H,39,40)(H,41,42)/b29-17-/t9-,13-,26?/m0/s1. The Morgan fingerprint density at radius 2 is 1.70 bits per heavy atom. The van der Waals surface area contributed by atoms with Crippen LogP contribution < -0.4 is 5.73 Å². The molecule has 0 spiro atoms. The molecular formula is C26H21N5O15S. The van der Waals surface area contributed by atoms with Gasteiger partial charge in [-0.25, -0.2) is 19.4 Å². The number of cyclic esters (lactones) is 1. The number of benzene rings is 1. The molecule has 47 heavy (non-hydrogen) atoms. The number of carbonyl (C=O) groups is 7. The number of fused-ring (bicyclic) bond motifs is 1. The van der Waals surface area contributed by atoms with Gasteiger partial charge in [0, 0.05) is 11.8 Å². The molecule has 21 heteroatoms. The van der Waals surface area contributed by atoms with Gasteiger partial charge in [0.05, 0.1) is 30.1 Å². The summed E-state index contributed by atoms with van der Waals surface area (Å²) >= 11 is 0.928. The van der Waals surface area contributed by atoms with Gasteiger partial charge in [0.1, 0.15) is 24.9 Å². The molecule has 2 aromatic rings. The van der Waals surface area contributed by atoms with Crippen molar-refractivity contribution in [2.45, 2.75) is 30.2 Å². The molecule has 6 N–H and O–H groups in total. The minimum absolute atomic E-state index is 0.0274. The number of anilines is 1. The second kappa shape index (κ2) is 11.0. The fourth-order valence-electron chi connectivity index (χ4n) is 5.21. The number of rotatable bonds is 10. The van der Waals surface area contributed by atoms with Gasteiger partial charge in [0.2, 0.25) is 0 Å². The number of aromatic hydroxyl groups is 2. The summed E-state index contributed by atoms with van der Waals surface area (Å²) in [4.78, 5) is 105. The van der Waals surface area contributed by atoms with E-state index < -0.39 is 101 Å². The zero-order chi connectivity index (χ0) is 34.0. The van der Waals surface area contributed by atoms with Crippen molar-refractivity contribution in [2.24, 2.45) is 11.1 Å². The molecule has 0 bridgehead atoms. The summed E-state index contributed by atoms with van der Waals surface area (Å²) in [5, 5.41) is 44.5. The van der Waals surface area contributed by atoms with Crippen molar-refractivity contribution in [3.05, 3.63) is 34.3 Å². The lowest BCUT2D eigenvalue weighted by molar-refractivity contribution is -0.256. The maximum Gasteiger partial charge on any atom is 0.372 e. The SMILES string of the molecule is Nc1nc(/C(=N/OC2(C(=O)O)COC2)C(=O)C[C@H]2CON(C3(C(=O)O)C[C@H](N4C(=O)c5cc(O)c(O)cc5C4=O)C(=O)O3)C2=O)cs1. The number of hydrogen-bond donors (Lipinski definition) is 5. The molecule has 1 unspecified atom stereocenters. The minimum Gasteiger partial charge on any atom is -0.504 e. The van der Waals surface area contributed by atoms with Gasteiger partial charge >= 0.3 is 23.6 Å². The number of carboxylic acids is 2. The molecule has 3 saturated heterocycles. The Morgan fingerprint density at radius 1 is 1.06 bits per heavy atom. The number of aliphatic carboxylic acids is 2. The van der Waals surface area contributed by atoms with Gasteiger partial charge < -0.3 is 40.5 Å². The van der Waals surface area contributed by atoms with E-state index in [9.17, 15) is 54.0 Å². The number of nitrogens with zero attached hydrogens (tertiary/aromatic N) is 4. The average Bonchev–Trinajstić information content (AvgIpc) is 3.72. The van der Waals surface area contributed by atoms with Gasteiger partial charge in [0.25, 0.3) is 23.3 Å². The number of esters is 1. The first-order valence-electron chi connectivity index (χ1n) is 13.4. The van der Waals surface area contributed by atoms with E-state index in [0.717, 1.165) is 23.5 Å². The van der Waals surface area contributed by atoms with E-state index in [0.29, 0.717) is 4.90 Å². The molecular weight excluding hydrogens is 654 g/mol. The molecule has 0 radical (unpaired) electrons. The maximum absolute atomic E-state index is 13.5. The number of ether oxygens (including phenoxy) is 2. The number of hydroxylamine groups is 2. The van der Waals surface area contributed by atoms with Crippen molar-refractivity contribution < 1.29 is 73.1 Å². The number of aromatic nitrogens is 1. The minimum atomic E-state index is -2.88. The zero-order valence-corrected chi connectivity index (χ0v) is 24.3. The number of carbonyl (C=O) groups excluding carboxylic acids is 5. The van der Waals surface area contributed by atoms with E-state index in [1.54, 1.807) is 0 Å². The molecule has 1 aromatic heterocycles. The van der Waals surface area contributed by atoms with Crippen molar-refractivity contribution in [1.29, 1.82) is 0 Å². The van der Waals surface area contributed by atoms with Crippen LogP contribution in [-0.4, -0.2) is 120 Å². The molecule has 3 atom stereocenters. The topological polar surface area (TPSA) is 295 Å². The molecule has 6 rings (SSSR count). The van der Waals surface area contributed by atoms with Gasteiger partial charge in [-0.05, 0) is 12.1 Å². The van der Waals surface area contributed by atoms with Gasteiger partial charge in [-0.3, -0.25) is 28.9 Å². The van der Waals surface area contributed by atoms with Crippen molar-refractivity contribution in [3.8, 4) is 11.5 Å². The number of carboxylic acid groups (broad SMARTS) is 2. The molecule has 5 heterocycles. The summed E-state index contributed by atoms with van der Waals surface area (Å²) in [5.74, 6) is -11.8. The summed E-state index contributed by atoms with van der Waals surface area (Å²) in [6, 6.07) is -0.272. The number of amides is 3. The molecule has 20 nitrogen and oxygen atoms in total. The third-order valence-electron chi connectivity index (χ3n) is 7.79. The lowest BCUT2D eigenvalue weighted by atomic mass is 9.98. The molecule has 4 aliphatic rings. The number of nitrogens with two attached hydrogens (primary N) is 1. The average molecular weight is 676 g/mol. The second-order valence-corrected chi connectivity index (χ2v) is 11.6. The number of phenolic OH excluding ortho intramolecular Hbond substituents is 2. The van der Waals surface area contributed by atoms with E-state index in [1.165, 1.54) is 5.38 Å². The van der Waals surface area contributed by atoms with Crippen molar-refractivity contribution in [3.63, 3.8) is 0 Å². The largest absolute Gasteiger partial charge is 0.504 e. The van der Waals surface area contributed by atoms with Crippen LogP contribution in [0.15, 0.2) is 22.7 Å². The van der Waals surface area contributed by atoms with E-state index >= 15 is 0 Å². The molecule has 3 fully saturated rings. The van der Waals surface area contributed by atoms with Crippen LogP contribution in [-0.2, 0) is 43.1 Å². The van der Waals surface area contributed by atoms with Crippen LogP contribution in [0.5, 0.6) is 11.5 Å². The van der Waals surface area contributed by atoms with Crippen LogP contribution >= 0.6 is 11.3 Å². The van der Waals surface area contributed by atoms with E-state index in [-0.39, 0.29) is 40.2 Å². The van der Waals surface area contributed by atoms with E-state index in [4.69, 9.17) is 24.9 Å². The lowest BCUT2D eigenvalue weighted by Crippen LogP contribution is -2.57. The first-order chi connectivity index (χ1) is 22.2. The Balaban J connectivity index is 1.22. The maximum atomic E-state index is 13.5. The zero-order valence-electron chi connectivity index (χ0n) is 23.5. The Kier molecular flexibility index (Phi) is 7.33. The van der Waals surface area contributed by atoms with Crippen LogP contribution in [0.2, 0.25) is 0 Å². The molecule has 246 valence electrons. The van der Waals surface area contributed by atoms with Crippen molar-refractivity contribution >= 4 is 63.6 Å². The van der Waals surface area contributed by atoms with Crippen LogP contribution in [0.4, 0.5) is 5.13 Å². The third kappa shape index (κ3) is 4.87. The third-order valence-corrected chi connectivity index (χ3v) is 8.46. The Morgan fingerprint density at radius 3 is 2.21 bits per heavy atom. The van der Waals surface area contributed by atoms with Crippen molar-refractivity contribution in [1.82, 2.24) is 14.9 Å². The first kappa shape index (κ1) is 31.3. The van der Waals surface area contributed by atoms with E-state index in [2.05, 4.69) is 10.1 Å². The summed E-state index contributed by atoms with van der Waals surface area (Å²) in [5.41, 5.74) is -0.429. The molecule has 4 aliphatic heterocycles. The number of Topliss-reactive ketones (excluding diaryl/α,β-unsaturated/α-hetero) is 1. The van der Waals surface area contributed by atoms with Crippen LogP contribution in [0.1, 0.15) is 39.3 Å². The number of thiazole rings is 1. The van der Waals surface area contributed by atoms with Crippen molar-refractivity contribution in [2.75, 3.05) is 25.6 Å². The van der Waals surface area contributed by atoms with Gasteiger partial charge in [-0.15, -0.1) is 11.3 Å². The Labute approximate surface area is 264 Å². The lowest BCUT2D eigenvalue weighted by Gasteiger charge is -2.34. The number of imide groups is 1. The first-order valence-corrected chi connectivity index (χ1v) is 14.3. The number of phenols is 2. The highest BCUT2D eigenvalue weighted by molar-refractivity contribution is 7.13. The highest BCUT2D eigenvalue weighted by Gasteiger charge is 2.65. The predicted molar refractivity (Wildman–Crippen MR) is 146 cm³/mol. The van der Waals surface area contributed by atoms with Crippen LogP contribution in [0.3, 0.4) is 0 Å². The Hall–Kier alpha value is -5.67. The molecule has 3 amide bonds. The van der Waals surface area contributed by atoms with Gasteiger partial charge in [-0.1, -0.05) is 5.16 Å². The highest BCUT2D eigenvalue weighted by atomic mass is 32.1. The van der Waals surface area contributed by atoms with Crippen LogP contribution in [0, 0.1) is 5.92 Å². The fraction of sp³-hybridized carbons (Fsp3) is 0.346. The number of ketones is 1.